The molecule has 3 saturated heterocycles. The second kappa shape index (κ2) is 17.6. The van der Waals surface area contributed by atoms with Gasteiger partial charge in [-0.1, -0.05) is 20.3 Å². The van der Waals surface area contributed by atoms with Crippen molar-refractivity contribution in [1.82, 2.24) is 19.6 Å². The lowest BCUT2D eigenvalue weighted by Gasteiger charge is -2.47. The molecule has 51 heavy (non-hydrogen) atoms. The summed E-state index contributed by atoms with van der Waals surface area (Å²) in [6.07, 6.45) is 3.66. The summed E-state index contributed by atoms with van der Waals surface area (Å²) in [5.41, 5.74) is -2.42. The van der Waals surface area contributed by atoms with Crippen molar-refractivity contribution in [3.63, 3.8) is 0 Å². The standard InChI is InChI=1S/C39H70N4O8/c1-25-19-39(6,48-11)35(51-36-33(45)30(40(7)8)18-26(2)50-36)27(3)34(46)38(4,5)37(47)49-24-31(42(10)20-25)29-22-43(23-29)32(44)16-13-17-41(9)21-28-14-12-15-28/h25-31,33,35-36,45H,12-24H2,1-11H3/t25-,26-,27+,30+,31?,33-,35-,36+,39-/m1/s1. The Hall–Kier alpha value is -1.67. The Kier molecular flexibility index (Phi) is 14.6. The minimum Gasteiger partial charge on any atom is -0.463 e. The summed E-state index contributed by atoms with van der Waals surface area (Å²) in [4.78, 5) is 49.6. The zero-order valence-electron chi connectivity index (χ0n) is 33.6. The second-order valence-electron chi connectivity index (χ2n) is 17.6. The maximum atomic E-state index is 14.3. The molecule has 0 spiro atoms. The Morgan fingerprint density at radius 1 is 1.06 bits per heavy atom. The second-order valence-corrected chi connectivity index (χ2v) is 17.6. The Morgan fingerprint density at radius 3 is 2.31 bits per heavy atom. The number of likely N-dealkylation sites (N-methyl/N-ethyl adjacent to an activating group) is 2. The van der Waals surface area contributed by atoms with E-state index in [0.717, 1.165) is 25.4 Å². The van der Waals surface area contributed by atoms with Crippen LogP contribution in [0.4, 0.5) is 0 Å². The Labute approximate surface area is 307 Å². The molecular weight excluding hydrogens is 652 g/mol. The molecule has 3 heterocycles. The molecule has 1 saturated carbocycles. The average molecular weight is 723 g/mol. The first kappa shape index (κ1) is 42.1. The summed E-state index contributed by atoms with van der Waals surface area (Å²) in [5.74, 6) is -0.446. The number of carbonyl (C=O) groups is 3. The molecule has 1 aliphatic carbocycles. The zero-order chi connectivity index (χ0) is 37.8. The summed E-state index contributed by atoms with van der Waals surface area (Å²) in [6, 6.07) is -0.306. The molecular formula is C39H70N4O8. The first-order valence-corrected chi connectivity index (χ1v) is 19.5. The third kappa shape index (κ3) is 10.1. The molecule has 0 aromatic rings. The number of likely N-dealkylation sites (tertiary alicyclic amines) is 1. The number of cyclic esters (lactones) is 1. The third-order valence-electron chi connectivity index (χ3n) is 12.5. The van der Waals surface area contributed by atoms with Gasteiger partial charge >= 0.3 is 5.97 Å². The number of ether oxygens (including phenoxy) is 4. The fourth-order valence-electron chi connectivity index (χ4n) is 8.89. The number of Topliss-reactive ketones (excluding diaryl/α,β-unsaturated/α-hetero) is 1. The van der Waals surface area contributed by atoms with Crippen molar-refractivity contribution >= 4 is 17.7 Å². The molecule has 12 nitrogen and oxygen atoms in total. The molecule has 1 amide bonds. The van der Waals surface area contributed by atoms with Crippen LogP contribution in [0.5, 0.6) is 0 Å². The molecule has 0 bridgehead atoms. The molecule has 3 aliphatic heterocycles. The van der Waals surface area contributed by atoms with Crippen molar-refractivity contribution in [2.75, 3.05) is 74.6 Å². The number of amides is 1. The summed E-state index contributed by atoms with van der Waals surface area (Å²) >= 11 is 0. The largest absolute Gasteiger partial charge is 0.463 e. The van der Waals surface area contributed by atoms with E-state index in [1.54, 1.807) is 27.9 Å². The van der Waals surface area contributed by atoms with Gasteiger partial charge in [-0.3, -0.25) is 19.3 Å². The smallest absolute Gasteiger partial charge is 0.319 e. The molecule has 0 aromatic heterocycles. The van der Waals surface area contributed by atoms with Crippen LogP contribution in [0.25, 0.3) is 0 Å². The van der Waals surface area contributed by atoms with E-state index in [9.17, 15) is 19.5 Å². The predicted octanol–water partition coefficient (Wildman–Crippen LogP) is 3.29. The lowest BCUT2D eigenvalue weighted by Crippen LogP contribution is -2.60. The fourth-order valence-corrected chi connectivity index (χ4v) is 8.89. The number of methoxy groups -OCH3 is 1. The summed E-state index contributed by atoms with van der Waals surface area (Å²) in [6.45, 7) is 15.2. The Balaban J connectivity index is 1.47. The molecule has 4 fully saturated rings. The van der Waals surface area contributed by atoms with E-state index in [-0.39, 0.29) is 48.3 Å². The number of ketones is 1. The highest BCUT2D eigenvalue weighted by Gasteiger charge is 2.52. The molecule has 1 N–H and O–H groups in total. The van der Waals surface area contributed by atoms with Crippen LogP contribution in [0, 0.1) is 29.1 Å². The quantitative estimate of drug-likeness (QED) is 0.250. The van der Waals surface area contributed by atoms with E-state index in [2.05, 4.69) is 23.8 Å². The number of hydrogen-bond acceptors (Lipinski definition) is 11. The summed E-state index contributed by atoms with van der Waals surface area (Å²) in [7, 11) is 9.66. The van der Waals surface area contributed by atoms with Crippen LogP contribution < -0.4 is 0 Å². The molecule has 9 atom stereocenters. The highest BCUT2D eigenvalue weighted by molar-refractivity contribution is 6.04. The van der Waals surface area contributed by atoms with E-state index >= 15 is 0 Å². The first-order valence-electron chi connectivity index (χ1n) is 19.5. The van der Waals surface area contributed by atoms with Crippen LogP contribution >= 0.6 is 0 Å². The van der Waals surface area contributed by atoms with Gasteiger partial charge in [-0.2, -0.15) is 0 Å². The van der Waals surface area contributed by atoms with Crippen LogP contribution in [0.15, 0.2) is 0 Å². The van der Waals surface area contributed by atoms with Crippen molar-refractivity contribution in [2.45, 2.75) is 129 Å². The maximum absolute atomic E-state index is 14.3. The molecule has 4 aliphatic rings. The molecule has 1 unspecified atom stereocenters. The topological polar surface area (TPSA) is 121 Å². The zero-order valence-corrected chi connectivity index (χ0v) is 33.6. The number of aliphatic hydroxyl groups excluding tert-OH is 1. The number of nitrogens with zero attached hydrogens (tertiary/aromatic N) is 4. The SMILES string of the molecule is CO[C@]1(C)C[C@@H](C)CN(C)C(C2CN(C(=O)CCCN(C)CC3CCC3)C2)COC(=O)C(C)(C)C(=O)[C@H](C)[C@H]1O[C@@H]1O[C@H](C)C[C@H](N(C)C)[C@H]1O. The highest BCUT2D eigenvalue weighted by Crippen LogP contribution is 2.39. The van der Waals surface area contributed by atoms with Crippen molar-refractivity contribution in [3.05, 3.63) is 0 Å². The minimum atomic E-state index is -1.46. The minimum absolute atomic E-state index is 0.0979. The summed E-state index contributed by atoms with van der Waals surface area (Å²) in [5, 5.41) is 11.4. The average Bonchev–Trinajstić information content (AvgIpc) is 3.02. The Bertz CT molecular complexity index is 1180. The number of carbonyl (C=O) groups excluding carboxylic acids is 3. The molecule has 0 aromatic carbocycles. The fraction of sp³-hybridized carbons (Fsp3) is 0.923. The lowest BCUT2D eigenvalue weighted by molar-refractivity contribution is -0.295. The van der Waals surface area contributed by atoms with Crippen molar-refractivity contribution in [3.8, 4) is 0 Å². The van der Waals surface area contributed by atoms with Gasteiger partial charge in [0.1, 0.15) is 18.1 Å². The van der Waals surface area contributed by atoms with E-state index < -0.39 is 41.4 Å². The molecule has 12 heteroatoms. The van der Waals surface area contributed by atoms with Crippen LogP contribution in [0.2, 0.25) is 0 Å². The maximum Gasteiger partial charge on any atom is 0.319 e. The monoisotopic (exact) mass is 723 g/mol. The van der Waals surface area contributed by atoms with Crippen LogP contribution in [-0.4, -0.2) is 159 Å². The first-order chi connectivity index (χ1) is 23.9. The third-order valence-corrected chi connectivity index (χ3v) is 12.5. The van der Waals surface area contributed by atoms with E-state index in [1.807, 2.05) is 44.8 Å². The van der Waals surface area contributed by atoms with Gasteiger partial charge in [-0.15, -0.1) is 0 Å². The lowest BCUT2D eigenvalue weighted by atomic mass is 9.74. The van der Waals surface area contributed by atoms with Gasteiger partial charge in [0, 0.05) is 63.6 Å². The van der Waals surface area contributed by atoms with Crippen molar-refractivity contribution < 1.29 is 38.4 Å². The number of hydrogen-bond donors (Lipinski definition) is 1. The number of aliphatic hydroxyl groups is 1. The van der Waals surface area contributed by atoms with Crippen molar-refractivity contribution in [1.29, 1.82) is 0 Å². The predicted molar refractivity (Wildman–Crippen MR) is 196 cm³/mol. The Morgan fingerprint density at radius 2 is 1.73 bits per heavy atom. The molecule has 4 rings (SSSR count). The molecule has 0 radical (unpaired) electrons. The van der Waals surface area contributed by atoms with Gasteiger partial charge in [-0.05, 0) is 106 Å². The van der Waals surface area contributed by atoms with Crippen LogP contribution in [0.3, 0.4) is 0 Å². The van der Waals surface area contributed by atoms with Gasteiger partial charge in [0.15, 0.2) is 12.1 Å². The van der Waals surface area contributed by atoms with Crippen LogP contribution in [0.1, 0.15) is 86.5 Å². The normalized spacial score (nSPS) is 36.5. The van der Waals surface area contributed by atoms with E-state index in [1.165, 1.54) is 19.3 Å². The highest BCUT2D eigenvalue weighted by atomic mass is 16.7. The van der Waals surface area contributed by atoms with Crippen molar-refractivity contribution in [2.24, 2.45) is 29.1 Å². The van der Waals surface area contributed by atoms with Gasteiger partial charge in [-0.25, -0.2) is 0 Å². The van der Waals surface area contributed by atoms with E-state index in [0.29, 0.717) is 38.9 Å². The summed E-state index contributed by atoms with van der Waals surface area (Å²) < 4.78 is 25.0. The van der Waals surface area contributed by atoms with Gasteiger partial charge in [0.05, 0.1) is 17.8 Å². The van der Waals surface area contributed by atoms with Gasteiger partial charge in [0.25, 0.3) is 0 Å². The number of esters is 1. The van der Waals surface area contributed by atoms with Gasteiger partial charge < -0.3 is 38.8 Å². The molecule has 294 valence electrons. The van der Waals surface area contributed by atoms with Gasteiger partial charge in [0.2, 0.25) is 5.91 Å². The van der Waals surface area contributed by atoms with E-state index in [4.69, 9.17) is 18.9 Å². The van der Waals surface area contributed by atoms with Crippen LogP contribution in [-0.2, 0) is 33.3 Å². The number of rotatable bonds is 11.